The van der Waals surface area contributed by atoms with Gasteiger partial charge in [-0.3, -0.25) is 0 Å². The number of nitrogens with zero attached hydrogens (tertiary/aromatic N) is 1. The van der Waals surface area contributed by atoms with E-state index in [9.17, 15) is 5.11 Å². The van der Waals surface area contributed by atoms with Gasteiger partial charge in [-0.2, -0.15) is 0 Å². The van der Waals surface area contributed by atoms with E-state index >= 15 is 0 Å². The van der Waals surface area contributed by atoms with Crippen LogP contribution in [0.25, 0.3) is 0 Å². The summed E-state index contributed by atoms with van der Waals surface area (Å²) in [5.41, 5.74) is 1.18. The zero-order valence-electron chi connectivity index (χ0n) is 9.01. The summed E-state index contributed by atoms with van der Waals surface area (Å²) in [5, 5.41) is 13.3. The normalized spacial score (nSPS) is 19.8. The third-order valence-electron chi connectivity index (χ3n) is 2.54. The molecule has 1 aliphatic rings. The average molecular weight is 254 g/mol. The number of thiocarbonyl (C=S) groups is 1. The molecule has 1 aromatic rings. The van der Waals surface area contributed by atoms with Crippen molar-refractivity contribution in [2.75, 3.05) is 19.3 Å². The molecule has 1 unspecified atom stereocenters. The summed E-state index contributed by atoms with van der Waals surface area (Å²) in [6.07, 6.45) is 0. The van der Waals surface area contributed by atoms with E-state index in [0.717, 1.165) is 17.4 Å². The largest absolute Gasteiger partial charge is 0.508 e. The quantitative estimate of drug-likeness (QED) is 0.749. The van der Waals surface area contributed by atoms with Crippen LogP contribution in [0.2, 0.25) is 0 Å². The smallest absolute Gasteiger partial charge is 0.169 e. The van der Waals surface area contributed by atoms with Crippen LogP contribution >= 0.6 is 24.0 Å². The lowest BCUT2D eigenvalue weighted by Gasteiger charge is -2.26. The van der Waals surface area contributed by atoms with Crippen LogP contribution in [-0.2, 0) is 0 Å². The molecule has 86 valence electrons. The number of phenols is 1. The minimum absolute atomic E-state index is 0.264. The van der Waals surface area contributed by atoms with Gasteiger partial charge >= 0.3 is 0 Å². The second kappa shape index (κ2) is 4.93. The number of thioether (sulfide) groups is 1. The Hall–Kier alpha value is -0.940. The van der Waals surface area contributed by atoms with Crippen molar-refractivity contribution in [3.05, 3.63) is 29.8 Å². The van der Waals surface area contributed by atoms with Crippen molar-refractivity contribution in [3.8, 4) is 5.75 Å². The molecule has 0 saturated carbocycles. The molecule has 1 saturated heterocycles. The lowest BCUT2D eigenvalue weighted by molar-refractivity contribution is 0.444. The Balaban J connectivity index is 2.19. The molecule has 3 nitrogen and oxygen atoms in total. The molecule has 1 atom stereocenters. The molecule has 0 aromatic heterocycles. The zero-order valence-corrected chi connectivity index (χ0v) is 10.6. The number of aromatic hydroxyl groups is 1. The van der Waals surface area contributed by atoms with Crippen LogP contribution in [0, 0.1) is 0 Å². The molecule has 5 heteroatoms. The zero-order chi connectivity index (χ0) is 11.5. The summed E-state index contributed by atoms with van der Waals surface area (Å²) >= 11 is 7.14. The molecule has 0 bridgehead atoms. The Morgan fingerprint density at radius 1 is 1.50 bits per heavy atom. The SMILES string of the molecule is CNC(=S)N1CCSC1c1ccc(O)cc1. The van der Waals surface area contributed by atoms with Gasteiger partial charge in [-0.15, -0.1) is 11.8 Å². The minimum Gasteiger partial charge on any atom is -0.508 e. The van der Waals surface area contributed by atoms with Crippen molar-refractivity contribution in [3.63, 3.8) is 0 Å². The topological polar surface area (TPSA) is 35.5 Å². The van der Waals surface area contributed by atoms with E-state index in [4.69, 9.17) is 12.2 Å². The van der Waals surface area contributed by atoms with Crippen LogP contribution in [0.1, 0.15) is 10.9 Å². The summed E-state index contributed by atoms with van der Waals surface area (Å²) < 4.78 is 0. The van der Waals surface area contributed by atoms with Gasteiger partial charge in [-0.1, -0.05) is 12.1 Å². The lowest BCUT2D eigenvalue weighted by atomic mass is 10.2. The van der Waals surface area contributed by atoms with Gasteiger partial charge in [0.1, 0.15) is 11.1 Å². The third kappa shape index (κ3) is 2.25. The highest BCUT2D eigenvalue weighted by atomic mass is 32.2. The highest BCUT2D eigenvalue weighted by Gasteiger charge is 2.27. The van der Waals surface area contributed by atoms with Crippen LogP contribution in [0.15, 0.2) is 24.3 Å². The Bertz CT molecular complexity index is 380. The molecule has 0 amide bonds. The van der Waals surface area contributed by atoms with Crippen molar-refractivity contribution in [2.24, 2.45) is 0 Å². The van der Waals surface area contributed by atoms with Crippen LogP contribution in [-0.4, -0.2) is 34.5 Å². The Morgan fingerprint density at radius 2 is 2.19 bits per heavy atom. The average Bonchev–Trinajstić information content (AvgIpc) is 2.78. The molecule has 2 rings (SSSR count). The second-order valence-corrected chi connectivity index (χ2v) is 5.14. The predicted octanol–water partition coefficient (Wildman–Crippen LogP) is 1.94. The van der Waals surface area contributed by atoms with E-state index in [0.29, 0.717) is 5.75 Å². The van der Waals surface area contributed by atoms with E-state index in [1.165, 1.54) is 5.56 Å². The molecule has 1 aromatic carbocycles. The molecule has 1 aliphatic heterocycles. The number of phenolic OH excluding ortho intramolecular Hbond substituents is 1. The van der Waals surface area contributed by atoms with Gasteiger partial charge < -0.3 is 15.3 Å². The molecule has 1 heterocycles. The fourth-order valence-electron chi connectivity index (χ4n) is 1.74. The number of benzene rings is 1. The highest BCUT2D eigenvalue weighted by Crippen LogP contribution is 2.38. The van der Waals surface area contributed by atoms with Crippen molar-refractivity contribution in [2.45, 2.75) is 5.37 Å². The third-order valence-corrected chi connectivity index (χ3v) is 4.24. The maximum absolute atomic E-state index is 9.26. The molecule has 0 radical (unpaired) electrons. The number of rotatable bonds is 1. The second-order valence-electron chi connectivity index (χ2n) is 3.56. The first-order valence-corrected chi connectivity index (χ1v) is 6.57. The van der Waals surface area contributed by atoms with E-state index in [-0.39, 0.29) is 5.37 Å². The summed E-state index contributed by atoms with van der Waals surface area (Å²) in [5.74, 6) is 1.38. The number of hydrogen-bond acceptors (Lipinski definition) is 3. The Labute approximate surface area is 105 Å². The number of hydrogen-bond donors (Lipinski definition) is 2. The van der Waals surface area contributed by atoms with Crippen LogP contribution in [0.5, 0.6) is 5.75 Å². The Morgan fingerprint density at radius 3 is 2.81 bits per heavy atom. The fourth-order valence-corrected chi connectivity index (χ4v) is 3.27. The molecule has 16 heavy (non-hydrogen) atoms. The minimum atomic E-state index is 0.264. The van der Waals surface area contributed by atoms with Gasteiger partial charge in [0.2, 0.25) is 0 Å². The summed E-state index contributed by atoms with van der Waals surface area (Å²) in [6, 6.07) is 7.33. The van der Waals surface area contributed by atoms with Gasteiger partial charge in [0.25, 0.3) is 0 Å². The van der Waals surface area contributed by atoms with Crippen molar-refractivity contribution < 1.29 is 5.11 Å². The summed E-state index contributed by atoms with van der Waals surface area (Å²) in [6.45, 7) is 0.968. The van der Waals surface area contributed by atoms with Crippen molar-refractivity contribution in [1.29, 1.82) is 0 Å². The van der Waals surface area contributed by atoms with Gasteiger partial charge in [-0.05, 0) is 29.9 Å². The lowest BCUT2D eigenvalue weighted by Crippen LogP contribution is -2.37. The van der Waals surface area contributed by atoms with Crippen LogP contribution < -0.4 is 5.32 Å². The molecule has 0 spiro atoms. The van der Waals surface area contributed by atoms with E-state index in [2.05, 4.69) is 10.2 Å². The van der Waals surface area contributed by atoms with Crippen molar-refractivity contribution in [1.82, 2.24) is 10.2 Å². The van der Waals surface area contributed by atoms with Gasteiger partial charge in [0, 0.05) is 19.3 Å². The maximum Gasteiger partial charge on any atom is 0.169 e. The molecule has 1 fully saturated rings. The monoisotopic (exact) mass is 254 g/mol. The number of nitrogens with one attached hydrogen (secondary N) is 1. The van der Waals surface area contributed by atoms with Gasteiger partial charge in [-0.25, -0.2) is 0 Å². The van der Waals surface area contributed by atoms with E-state index in [1.807, 2.05) is 30.9 Å². The van der Waals surface area contributed by atoms with Crippen LogP contribution in [0.3, 0.4) is 0 Å². The van der Waals surface area contributed by atoms with E-state index < -0.39 is 0 Å². The molecular weight excluding hydrogens is 240 g/mol. The first-order chi connectivity index (χ1) is 7.72. The molecule has 2 N–H and O–H groups in total. The van der Waals surface area contributed by atoms with Crippen LogP contribution in [0.4, 0.5) is 0 Å². The molecule has 0 aliphatic carbocycles. The fraction of sp³-hybridized carbons (Fsp3) is 0.364. The van der Waals surface area contributed by atoms with Gasteiger partial charge in [0.15, 0.2) is 5.11 Å². The summed E-state index contributed by atoms with van der Waals surface area (Å²) in [4.78, 5) is 2.17. The van der Waals surface area contributed by atoms with E-state index in [1.54, 1.807) is 12.1 Å². The molecular formula is C11H14N2OS2. The first-order valence-electron chi connectivity index (χ1n) is 5.11. The summed E-state index contributed by atoms with van der Waals surface area (Å²) in [7, 11) is 1.85. The Kier molecular flexibility index (Phi) is 3.56. The predicted molar refractivity (Wildman–Crippen MR) is 71.7 cm³/mol. The maximum atomic E-state index is 9.26. The van der Waals surface area contributed by atoms with Crippen molar-refractivity contribution >= 4 is 29.1 Å². The first kappa shape index (κ1) is 11.5. The highest BCUT2D eigenvalue weighted by molar-refractivity contribution is 7.99. The van der Waals surface area contributed by atoms with Gasteiger partial charge in [0.05, 0.1) is 0 Å². The standard InChI is InChI=1S/C11H14N2OS2/c1-12-11(15)13-6-7-16-10(13)8-2-4-9(14)5-3-8/h2-5,10,14H,6-7H2,1H3,(H,12,15).